The van der Waals surface area contributed by atoms with Gasteiger partial charge < -0.3 is 16.0 Å². The molecule has 1 aliphatic carbocycles. The van der Waals surface area contributed by atoms with Crippen molar-refractivity contribution in [1.82, 2.24) is 10.6 Å². The van der Waals surface area contributed by atoms with Crippen molar-refractivity contribution in [1.29, 1.82) is 0 Å². The zero-order valence-electron chi connectivity index (χ0n) is 18.0. The van der Waals surface area contributed by atoms with Crippen LogP contribution in [0.5, 0.6) is 0 Å². The third-order valence-electron chi connectivity index (χ3n) is 5.47. The molecule has 0 unspecified atom stereocenters. The van der Waals surface area contributed by atoms with Gasteiger partial charge in [-0.25, -0.2) is 14.0 Å². The van der Waals surface area contributed by atoms with Crippen LogP contribution < -0.4 is 20.9 Å². The van der Waals surface area contributed by atoms with Gasteiger partial charge in [0.25, 0.3) is 0 Å². The Morgan fingerprint density at radius 1 is 1.00 bits per heavy atom. The predicted molar refractivity (Wildman–Crippen MR) is 122 cm³/mol. The van der Waals surface area contributed by atoms with Crippen LogP contribution in [0, 0.1) is 12.7 Å². The topological polar surface area (TPSA) is 73.5 Å². The van der Waals surface area contributed by atoms with Crippen LogP contribution in [0.2, 0.25) is 0 Å². The maximum atomic E-state index is 13.4. The van der Waals surface area contributed by atoms with Gasteiger partial charge in [-0.3, -0.25) is 4.90 Å². The molecule has 0 aliphatic heterocycles. The molecule has 1 aliphatic rings. The van der Waals surface area contributed by atoms with Crippen LogP contribution in [0.4, 0.5) is 25.4 Å². The zero-order valence-corrected chi connectivity index (χ0v) is 18.0. The van der Waals surface area contributed by atoms with Gasteiger partial charge in [0.1, 0.15) is 5.82 Å². The Labute approximate surface area is 183 Å². The largest absolute Gasteiger partial charge is 0.338 e. The van der Waals surface area contributed by atoms with Crippen molar-refractivity contribution >= 4 is 23.4 Å². The molecule has 2 aromatic carbocycles. The highest BCUT2D eigenvalue weighted by Gasteiger charge is 2.17. The average Bonchev–Trinajstić information content (AvgIpc) is 2.77. The summed E-state index contributed by atoms with van der Waals surface area (Å²) in [4.78, 5) is 26.6. The monoisotopic (exact) mass is 426 g/mol. The smallest absolute Gasteiger partial charge is 0.326 e. The van der Waals surface area contributed by atoms with E-state index in [-0.39, 0.29) is 23.9 Å². The minimum absolute atomic E-state index is 0.163. The van der Waals surface area contributed by atoms with E-state index in [1.54, 1.807) is 17.0 Å². The van der Waals surface area contributed by atoms with Gasteiger partial charge in [-0.15, -0.1) is 0 Å². The van der Waals surface area contributed by atoms with E-state index in [0.717, 1.165) is 31.2 Å². The van der Waals surface area contributed by atoms with Crippen molar-refractivity contribution in [3.63, 3.8) is 0 Å². The maximum absolute atomic E-state index is 13.4. The van der Waals surface area contributed by atoms with Crippen LogP contribution in [0.15, 0.2) is 48.5 Å². The number of halogens is 1. The Hall–Kier alpha value is -3.09. The normalized spacial score (nSPS) is 14.0. The summed E-state index contributed by atoms with van der Waals surface area (Å²) in [6.45, 7) is 2.80. The number of carbonyl (C=O) groups is 2. The van der Waals surface area contributed by atoms with Gasteiger partial charge in [-0.2, -0.15) is 0 Å². The summed E-state index contributed by atoms with van der Waals surface area (Å²) in [6.07, 6.45) is 6.19. The first-order valence-electron chi connectivity index (χ1n) is 11.0. The van der Waals surface area contributed by atoms with Crippen LogP contribution >= 0.6 is 0 Å². The van der Waals surface area contributed by atoms with Crippen molar-refractivity contribution in [2.45, 2.75) is 51.5 Å². The number of nitrogens with zero attached hydrogens (tertiary/aromatic N) is 1. The lowest BCUT2D eigenvalue weighted by Crippen LogP contribution is -2.44. The van der Waals surface area contributed by atoms with Gasteiger partial charge in [0.15, 0.2) is 0 Å². The molecule has 0 heterocycles. The van der Waals surface area contributed by atoms with Crippen LogP contribution in [0.3, 0.4) is 0 Å². The molecule has 0 bridgehead atoms. The number of hydrogen-bond acceptors (Lipinski definition) is 2. The van der Waals surface area contributed by atoms with Crippen molar-refractivity contribution in [2.75, 3.05) is 23.3 Å². The van der Waals surface area contributed by atoms with Crippen molar-refractivity contribution < 1.29 is 14.0 Å². The lowest BCUT2D eigenvalue weighted by molar-refractivity contribution is 0.232. The Balaban J connectivity index is 1.53. The van der Waals surface area contributed by atoms with Crippen LogP contribution in [-0.2, 0) is 0 Å². The fourth-order valence-corrected chi connectivity index (χ4v) is 3.72. The van der Waals surface area contributed by atoms with Crippen LogP contribution in [0.1, 0.15) is 44.1 Å². The fourth-order valence-electron chi connectivity index (χ4n) is 3.72. The van der Waals surface area contributed by atoms with E-state index < -0.39 is 0 Å². The highest BCUT2D eigenvalue weighted by molar-refractivity contribution is 6.01. The first kappa shape index (κ1) is 22.6. The second kappa shape index (κ2) is 11.3. The molecule has 0 saturated heterocycles. The number of hydrogen-bond donors (Lipinski definition) is 3. The molecule has 3 N–H and O–H groups in total. The van der Waals surface area contributed by atoms with Crippen LogP contribution in [0.25, 0.3) is 0 Å². The van der Waals surface area contributed by atoms with E-state index >= 15 is 0 Å². The second-order valence-electron chi connectivity index (χ2n) is 8.01. The van der Waals surface area contributed by atoms with Gasteiger partial charge in [-0.05, 0) is 62.6 Å². The molecule has 6 nitrogen and oxygen atoms in total. The molecule has 0 atom stereocenters. The Bertz CT molecular complexity index is 849. The molecule has 166 valence electrons. The number of amides is 4. The third-order valence-corrected chi connectivity index (χ3v) is 5.47. The van der Waals surface area contributed by atoms with Gasteiger partial charge in [-0.1, -0.05) is 37.0 Å². The highest BCUT2D eigenvalue weighted by Crippen LogP contribution is 2.18. The molecule has 1 fully saturated rings. The lowest BCUT2D eigenvalue weighted by Gasteiger charge is -2.24. The van der Waals surface area contributed by atoms with E-state index in [1.807, 2.05) is 31.2 Å². The minimum Gasteiger partial charge on any atom is -0.338 e. The summed E-state index contributed by atoms with van der Waals surface area (Å²) in [6, 6.07) is 13.1. The Morgan fingerprint density at radius 2 is 1.68 bits per heavy atom. The number of aryl methyl sites for hydroxylation is 1. The zero-order chi connectivity index (χ0) is 22.1. The number of benzene rings is 2. The van der Waals surface area contributed by atoms with Gasteiger partial charge in [0.2, 0.25) is 0 Å². The first-order chi connectivity index (χ1) is 15.0. The van der Waals surface area contributed by atoms with Crippen molar-refractivity contribution in [3.8, 4) is 0 Å². The standard InChI is InChI=1S/C24H31FN4O2/c1-18-8-12-21(13-9-18)28-24(31)29(22-14-10-19(25)11-15-22)17-5-16-26-23(30)27-20-6-3-2-4-7-20/h8-15,20H,2-7,16-17H2,1H3,(H,28,31)(H2,26,27,30). The summed E-state index contributed by atoms with van der Waals surface area (Å²) < 4.78 is 13.4. The van der Waals surface area contributed by atoms with Crippen molar-refractivity contribution in [3.05, 3.63) is 59.9 Å². The number of nitrogens with one attached hydrogen (secondary N) is 3. The van der Waals surface area contributed by atoms with E-state index in [0.29, 0.717) is 30.9 Å². The molecular formula is C24H31FN4O2. The number of anilines is 2. The first-order valence-corrected chi connectivity index (χ1v) is 11.0. The van der Waals surface area contributed by atoms with E-state index in [2.05, 4.69) is 16.0 Å². The molecule has 0 aromatic heterocycles. The highest BCUT2D eigenvalue weighted by atomic mass is 19.1. The molecule has 4 amide bonds. The summed E-state index contributed by atoms with van der Waals surface area (Å²) >= 11 is 0. The van der Waals surface area contributed by atoms with Crippen LogP contribution in [-0.4, -0.2) is 31.2 Å². The third kappa shape index (κ3) is 7.27. The quantitative estimate of drug-likeness (QED) is 0.533. The summed E-state index contributed by atoms with van der Waals surface area (Å²) in [5, 5.41) is 8.77. The fraction of sp³-hybridized carbons (Fsp3) is 0.417. The number of urea groups is 2. The van der Waals surface area contributed by atoms with Gasteiger partial charge in [0, 0.05) is 30.5 Å². The van der Waals surface area contributed by atoms with E-state index in [1.165, 1.54) is 18.6 Å². The SMILES string of the molecule is Cc1ccc(NC(=O)N(CCCNC(=O)NC2CCCCC2)c2ccc(F)cc2)cc1. The average molecular weight is 427 g/mol. The number of carbonyl (C=O) groups excluding carboxylic acids is 2. The van der Waals surface area contributed by atoms with Gasteiger partial charge in [0.05, 0.1) is 0 Å². The second-order valence-corrected chi connectivity index (χ2v) is 8.01. The number of rotatable bonds is 7. The molecule has 0 radical (unpaired) electrons. The Morgan fingerprint density at radius 3 is 2.35 bits per heavy atom. The van der Waals surface area contributed by atoms with Gasteiger partial charge >= 0.3 is 12.1 Å². The predicted octanol–water partition coefficient (Wildman–Crippen LogP) is 5.19. The van der Waals surface area contributed by atoms with E-state index in [4.69, 9.17) is 0 Å². The molecule has 0 spiro atoms. The summed E-state index contributed by atoms with van der Waals surface area (Å²) in [7, 11) is 0. The molecule has 7 heteroatoms. The summed E-state index contributed by atoms with van der Waals surface area (Å²) in [5.41, 5.74) is 2.39. The molecule has 31 heavy (non-hydrogen) atoms. The van der Waals surface area contributed by atoms with E-state index in [9.17, 15) is 14.0 Å². The molecule has 1 saturated carbocycles. The molecule has 2 aromatic rings. The summed E-state index contributed by atoms with van der Waals surface area (Å²) in [5.74, 6) is -0.358. The minimum atomic E-state index is -0.358. The Kier molecular flexibility index (Phi) is 8.27. The molecule has 3 rings (SSSR count). The molecular weight excluding hydrogens is 395 g/mol. The van der Waals surface area contributed by atoms with Crippen molar-refractivity contribution in [2.24, 2.45) is 0 Å². The maximum Gasteiger partial charge on any atom is 0.326 e. The lowest BCUT2D eigenvalue weighted by atomic mass is 9.96.